The molecule has 0 aromatic rings. The van der Waals surface area contributed by atoms with Gasteiger partial charge in [0.05, 0.1) is 6.61 Å². The summed E-state index contributed by atoms with van der Waals surface area (Å²) in [4.78, 5) is 14.0. The van der Waals surface area contributed by atoms with E-state index in [1.165, 1.54) is 62.7 Å². The topological polar surface area (TPSA) is 147 Å². The number of hydrogen-bond donors (Lipinski definition) is 6. The Labute approximate surface area is 188 Å². The van der Waals surface area contributed by atoms with Gasteiger partial charge in [0.1, 0.15) is 18.3 Å². The second-order valence-corrected chi connectivity index (χ2v) is 8.53. The third-order valence-electron chi connectivity index (χ3n) is 5.73. The van der Waals surface area contributed by atoms with Crippen LogP contribution in [0.5, 0.6) is 0 Å². The molecule has 0 heterocycles. The summed E-state index contributed by atoms with van der Waals surface area (Å²) in [5.74, 6) is -0.701. The first-order valence-electron chi connectivity index (χ1n) is 12.2. The van der Waals surface area contributed by atoms with Crippen molar-refractivity contribution in [3.63, 3.8) is 0 Å². The van der Waals surface area contributed by atoms with Crippen LogP contribution in [0, 0.1) is 0 Å². The largest absolute Gasteiger partial charge is 0.394 e. The Morgan fingerprint density at radius 3 is 1.65 bits per heavy atom. The Hall–Kier alpha value is -0.770. The molecule has 0 unspecified atom stereocenters. The summed E-state index contributed by atoms with van der Waals surface area (Å²) < 4.78 is 0. The zero-order valence-electron chi connectivity index (χ0n) is 19.5. The smallest absolute Gasteiger partial charge is 0.254 e. The van der Waals surface area contributed by atoms with E-state index < -0.39 is 36.9 Å². The fraction of sp³-hybridized carbons (Fsp3) is 0.957. The highest BCUT2D eigenvalue weighted by Gasteiger charge is 2.36. The Morgan fingerprint density at radius 2 is 1.19 bits per heavy atom. The van der Waals surface area contributed by atoms with Gasteiger partial charge in [-0.15, -0.1) is 0 Å². The first-order valence-corrected chi connectivity index (χ1v) is 12.2. The van der Waals surface area contributed by atoms with Crippen LogP contribution < -0.4 is 5.73 Å². The van der Waals surface area contributed by atoms with Gasteiger partial charge in [0.25, 0.3) is 5.91 Å². The normalized spacial score (nSPS) is 15.5. The number of amides is 1. The summed E-state index contributed by atoms with van der Waals surface area (Å²) in [5.41, 5.74) is 5.54. The first kappa shape index (κ1) is 30.2. The summed E-state index contributed by atoms with van der Waals surface area (Å²) in [6.45, 7) is 2.64. The maximum absolute atomic E-state index is 12.6. The monoisotopic (exact) mass is 448 g/mol. The minimum atomic E-state index is -1.88. The number of rotatable bonds is 21. The number of hydrogen-bond acceptors (Lipinski definition) is 7. The molecule has 0 saturated heterocycles. The van der Waals surface area contributed by atoms with Crippen molar-refractivity contribution in [3.05, 3.63) is 0 Å². The zero-order chi connectivity index (χ0) is 23.5. The van der Waals surface area contributed by atoms with Gasteiger partial charge in [0, 0.05) is 13.1 Å². The van der Waals surface area contributed by atoms with Gasteiger partial charge in [-0.2, -0.15) is 0 Å². The van der Waals surface area contributed by atoms with Crippen molar-refractivity contribution in [2.75, 3.05) is 26.2 Å². The lowest BCUT2D eigenvalue weighted by Crippen LogP contribution is -2.53. The van der Waals surface area contributed by atoms with Crippen molar-refractivity contribution in [1.29, 1.82) is 0 Å². The Bertz CT molecular complexity index is 427. The summed E-state index contributed by atoms with van der Waals surface area (Å²) in [5, 5.41) is 48.1. The molecule has 0 aliphatic rings. The van der Waals surface area contributed by atoms with E-state index in [1.54, 1.807) is 0 Å². The lowest BCUT2D eigenvalue weighted by Gasteiger charge is -2.30. The van der Waals surface area contributed by atoms with Gasteiger partial charge in [-0.05, 0) is 19.4 Å². The lowest BCUT2D eigenvalue weighted by molar-refractivity contribution is -0.158. The van der Waals surface area contributed by atoms with E-state index in [-0.39, 0.29) is 0 Å². The molecule has 0 aliphatic carbocycles. The summed E-state index contributed by atoms with van der Waals surface area (Å²) in [7, 11) is 0. The van der Waals surface area contributed by atoms with E-state index in [0.717, 1.165) is 19.3 Å². The van der Waals surface area contributed by atoms with Crippen LogP contribution in [0.3, 0.4) is 0 Å². The SMILES string of the molecule is CCCCCCCCCCCCCCN(CCCN)C(=O)[C@H](O)[C@@H](O)[C@H](O)[C@H](O)CO. The van der Waals surface area contributed by atoms with Crippen LogP contribution in [0.1, 0.15) is 90.4 Å². The summed E-state index contributed by atoms with van der Waals surface area (Å²) in [6.07, 6.45) is 7.88. The summed E-state index contributed by atoms with van der Waals surface area (Å²) in [6, 6.07) is 0. The number of nitrogens with two attached hydrogens (primary N) is 1. The van der Waals surface area contributed by atoms with Gasteiger partial charge in [-0.1, -0.05) is 77.6 Å². The van der Waals surface area contributed by atoms with Gasteiger partial charge in [0.2, 0.25) is 0 Å². The average molecular weight is 449 g/mol. The van der Waals surface area contributed by atoms with Crippen LogP contribution in [-0.2, 0) is 4.79 Å². The fourth-order valence-corrected chi connectivity index (χ4v) is 3.61. The van der Waals surface area contributed by atoms with E-state index in [2.05, 4.69) is 6.92 Å². The molecular formula is C23H48N2O6. The lowest BCUT2D eigenvalue weighted by atomic mass is 10.0. The maximum atomic E-state index is 12.6. The molecule has 4 atom stereocenters. The molecular weight excluding hydrogens is 400 g/mol. The fourth-order valence-electron chi connectivity index (χ4n) is 3.61. The van der Waals surface area contributed by atoms with Gasteiger partial charge < -0.3 is 36.2 Å². The molecule has 0 spiro atoms. The molecule has 0 aromatic carbocycles. The standard InChI is InChI=1S/C23H48N2O6/c1-2-3-4-5-6-7-8-9-10-11-12-13-16-25(17-14-15-24)23(31)22(30)21(29)20(28)19(27)18-26/h19-22,26-30H,2-18,24H2,1H3/t19-,20-,21+,22-/m1/s1. The molecule has 0 bridgehead atoms. The molecule has 0 rings (SSSR count). The average Bonchev–Trinajstić information content (AvgIpc) is 2.79. The number of aliphatic hydroxyl groups excluding tert-OH is 5. The summed E-state index contributed by atoms with van der Waals surface area (Å²) >= 11 is 0. The highest BCUT2D eigenvalue weighted by Crippen LogP contribution is 2.13. The van der Waals surface area contributed by atoms with Crippen LogP contribution >= 0.6 is 0 Å². The molecule has 0 saturated carbocycles. The molecule has 186 valence electrons. The van der Waals surface area contributed by atoms with E-state index in [0.29, 0.717) is 26.1 Å². The Kier molecular flexibility index (Phi) is 19.4. The molecule has 0 aliphatic heterocycles. The van der Waals surface area contributed by atoms with Crippen molar-refractivity contribution in [2.45, 2.75) is 115 Å². The number of aliphatic hydroxyl groups is 5. The van der Waals surface area contributed by atoms with Crippen LogP contribution in [0.15, 0.2) is 0 Å². The second-order valence-electron chi connectivity index (χ2n) is 8.53. The number of unbranched alkanes of at least 4 members (excludes halogenated alkanes) is 11. The van der Waals surface area contributed by atoms with E-state index in [9.17, 15) is 25.2 Å². The molecule has 31 heavy (non-hydrogen) atoms. The molecule has 0 aromatic heterocycles. The first-order chi connectivity index (χ1) is 14.9. The van der Waals surface area contributed by atoms with Crippen molar-refractivity contribution >= 4 is 5.91 Å². The van der Waals surface area contributed by atoms with E-state index in [1.807, 2.05) is 0 Å². The maximum Gasteiger partial charge on any atom is 0.254 e. The van der Waals surface area contributed by atoms with Gasteiger partial charge >= 0.3 is 0 Å². The third-order valence-corrected chi connectivity index (χ3v) is 5.73. The molecule has 0 fully saturated rings. The van der Waals surface area contributed by atoms with Crippen molar-refractivity contribution in [2.24, 2.45) is 5.73 Å². The quantitative estimate of drug-likeness (QED) is 0.145. The van der Waals surface area contributed by atoms with Crippen LogP contribution in [0.2, 0.25) is 0 Å². The minimum Gasteiger partial charge on any atom is -0.394 e. The van der Waals surface area contributed by atoms with Gasteiger partial charge in [-0.25, -0.2) is 0 Å². The zero-order valence-corrected chi connectivity index (χ0v) is 19.5. The highest BCUT2D eigenvalue weighted by atomic mass is 16.4. The van der Waals surface area contributed by atoms with E-state index >= 15 is 0 Å². The van der Waals surface area contributed by atoms with Crippen molar-refractivity contribution < 1.29 is 30.3 Å². The molecule has 8 heteroatoms. The predicted octanol–water partition coefficient (Wildman–Crippen LogP) is 1.30. The minimum absolute atomic E-state index is 0.357. The highest BCUT2D eigenvalue weighted by molar-refractivity contribution is 5.81. The Balaban J connectivity index is 4.18. The van der Waals surface area contributed by atoms with E-state index in [4.69, 9.17) is 10.8 Å². The van der Waals surface area contributed by atoms with Gasteiger partial charge in [0.15, 0.2) is 6.10 Å². The third kappa shape index (κ3) is 14.1. The van der Waals surface area contributed by atoms with Crippen molar-refractivity contribution in [1.82, 2.24) is 4.90 Å². The van der Waals surface area contributed by atoms with Crippen LogP contribution in [0.25, 0.3) is 0 Å². The molecule has 0 radical (unpaired) electrons. The molecule has 7 N–H and O–H groups in total. The number of carbonyl (C=O) groups is 1. The number of nitrogens with zero attached hydrogens (tertiary/aromatic N) is 1. The predicted molar refractivity (Wildman–Crippen MR) is 122 cm³/mol. The number of carbonyl (C=O) groups excluding carboxylic acids is 1. The molecule has 8 nitrogen and oxygen atoms in total. The second kappa shape index (κ2) is 19.9. The van der Waals surface area contributed by atoms with Crippen LogP contribution in [0.4, 0.5) is 0 Å². The molecule has 1 amide bonds. The Morgan fingerprint density at radius 1 is 0.742 bits per heavy atom. The van der Waals surface area contributed by atoms with Crippen molar-refractivity contribution in [3.8, 4) is 0 Å². The van der Waals surface area contributed by atoms with Gasteiger partial charge in [-0.3, -0.25) is 4.79 Å². The van der Waals surface area contributed by atoms with Crippen LogP contribution in [-0.4, -0.2) is 87.0 Å².